The SMILES string of the molecule is CC[C@H](C)[C@H](NC(=O)c1ccc(C2CCN(C3CCC3)CC2)cc1)C(=O)N1C[C@@H](N=[N+]=[N-])[C@H]2OCC(=O)[C@H]21. The summed E-state index contributed by atoms with van der Waals surface area (Å²) >= 11 is 0. The number of hydrogen-bond donors (Lipinski definition) is 1. The molecule has 3 heterocycles. The molecule has 1 aromatic carbocycles. The van der Waals surface area contributed by atoms with Crippen LogP contribution in [0.3, 0.4) is 0 Å². The number of nitrogens with one attached hydrogen (secondary N) is 1. The van der Waals surface area contributed by atoms with Gasteiger partial charge in [-0.3, -0.25) is 14.4 Å². The van der Waals surface area contributed by atoms with Gasteiger partial charge in [0.25, 0.3) is 5.91 Å². The molecule has 3 saturated heterocycles. The van der Waals surface area contributed by atoms with E-state index in [2.05, 4.69) is 20.2 Å². The standard InChI is InChI=1S/C28H38N6O4/c1-3-17(2)24(28(37)34-15-22(31-32-29)26-25(34)23(35)16-38-26)30-27(36)20-9-7-18(8-10-20)19-11-13-33(14-12-19)21-5-4-6-21/h7-10,17,19,21-22,24-26H,3-6,11-16H2,1-2H3,(H,30,36)/t17-,22+,24-,25+,26+/m0/s1. The van der Waals surface area contributed by atoms with E-state index < -0.39 is 24.2 Å². The molecule has 0 aromatic heterocycles. The number of piperidine rings is 1. The molecular formula is C28H38N6O4. The van der Waals surface area contributed by atoms with Crippen molar-refractivity contribution in [2.45, 2.75) is 88.6 Å². The van der Waals surface area contributed by atoms with E-state index in [1.165, 1.54) is 29.7 Å². The number of fused-ring (bicyclic) bond motifs is 1. The Kier molecular flexibility index (Phi) is 8.02. The number of rotatable bonds is 8. The number of hydrogen-bond acceptors (Lipinski definition) is 6. The summed E-state index contributed by atoms with van der Waals surface area (Å²) in [5, 5.41) is 6.69. The molecule has 3 aliphatic heterocycles. The molecule has 1 aliphatic carbocycles. The van der Waals surface area contributed by atoms with Crippen LogP contribution < -0.4 is 5.32 Å². The molecule has 5 rings (SSSR count). The predicted octanol–water partition coefficient (Wildman–Crippen LogP) is 3.42. The van der Waals surface area contributed by atoms with Gasteiger partial charge in [0.05, 0.1) is 12.1 Å². The number of carbonyl (C=O) groups excluding carboxylic acids is 3. The Hall–Kier alpha value is -2.94. The first-order chi connectivity index (χ1) is 18.4. The van der Waals surface area contributed by atoms with Crippen molar-refractivity contribution in [3.8, 4) is 0 Å². The molecule has 0 bridgehead atoms. The first-order valence-corrected chi connectivity index (χ1v) is 14.0. The van der Waals surface area contributed by atoms with Crippen molar-refractivity contribution in [1.82, 2.24) is 15.1 Å². The van der Waals surface area contributed by atoms with Crippen LogP contribution in [0, 0.1) is 5.92 Å². The minimum Gasteiger partial charge on any atom is -0.367 e. The highest BCUT2D eigenvalue weighted by atomic mass is 16.5. The third kappa shape index (κ3) is 5.17. The van der Waals surface area contributed by atoms with Gasteiger partial charge in [0.1, 0.15) is 18.7 Å². The van der Waals surface area contributed by atoms with Gasteiger partial charge in [-0.15, -0.1) is 0 Å². The smallest absolute Gasteiger partial charge is 0.251 e. The van der Waals surface area contributed by atoms with Crippen molar-refractivity contribution in [2.75, 3.05) is 26.2 Å². The summed E-state index contributed by atoms with van der Waals surface area (Å²) in [6.45, 7) is 6.14. The van der Waals surface area contributed by atoms with Crippen molar-refractivity contribution in [2.24, 2.45) is 11.0 Å². The molecule has 4 aliphatic rings. The maximum absolute atomic E-state index is 13.7. The Morgan fingerprint density at radius 3 is 2.50 bits per heavy atom. The highest BCUT2D eigenvalue weighted by molar-refractivity contribution is 5.99. The third-order valence-electron chi connectivity index (χ3n) is 9.17. The second kappa shape index (κ2) is 11.4. The number of azide groups is 1. The van der Waals surface area contributed by atoms with Gasteiger partial charge < -0.3 is 19.9 Å². The zero-order chi connectivity index (χ0) is 26.8. The fraction of sp³-hybridized carbons (Fsp3) is 0.679. The number of Topliss-reactive ketones (excluding diaryl/α,β-unsaturated/α-hetero) is 1. The van der Waals surface area contributed by atoms with E-state index in [4.69, 9.17) is 10.3 Å². The van der Waals surface area contributed by atoms with Crippen LogP contribution in [0.15, 0.2) is 29.4 Å². The van der Waals surface area contributed by atoms with Crippen LogP contribution in [-0.4, -0.2) is 83.9 Å². The zero-order valence-corrected chi connectivity index (χ0v) is 22.3. The topological polar surface area (TPSA) is 128 Å². The quantitative estimate of drug-likeness (QED) is 0.318. The molecule has 5 atom stereocenters. The van der Waals surface area contributed by atoms with Crippen molar-refractivity contribution >= 4 is 17.6 Å². The van der Waals surface area contributed by atoms with E-state index >= 15 is 0 Å². The monoisotopic (exact) mass is 522 g/mol. The first-order valence-electron chi connectivity index (χ1n) is 14.0. The van der Waals surface area contributed by atoms with Crippen LogP contribution in [0.2, 0.25) is 0 Å². The number of carbonyl (C=O) groups is 3. The van der Waals surface area contributed by atoms with Crippen molar-refractivity contribution in [1.29, 1.82) is 0 Å². The molecule has 1 aromatic rings. The molecule has 2 amide bonds. The Morgan fingerprint density at radius 2 is 1.89 bits per heavy atom. The van der Waals surface area contributed by atoms with Crippen LogP contribution in [-0.2, 0) is 14.3 Å². The van der Waals surface area contributed by atoms with E-state index in [1.54, 1.807) is 0 Å². The number of nitrogens with zero attached hydrogens (tertiary/aromatic N) is 5. The largest absolute Gasteiger partial charge is 0.367 e. The normalized spacial score (nSPS) is 27.8. The minimum atomic E-state index is -0.804. The average Bonchev–Trinajstić information content (AvgIpc) is 3.47. The molecular weight excluding hydrogens is 484 g/mol. The van der Waals surface area contributed by atoms with E-state index in [9.17, 15) is 14.4 Å². The number of ketones is 1. The molecule has 0 spiro atoms. The van der Waals surface area contributed by atoms with E-state index in [0.29, 0.717) is 17.9 Å². The van der Waals surface area contributed by atoms with Crippen molar-refractivity contribution < 1.29 is 19.1 Å². The van der Waals surface area contributed by atoms with Crippen LogP contribution in [0.5, 0.6) is 0 Å². The van der Waals surface area contributed by atoms with Gasteiger partial charge in [-0.1, -0.05) is 43.9 Å². The van der Waals surface area contributed by atoms with Gasteiger partial charge >= 0.3 is 0 Å². The predicted molar refractivity (Wildman–Crippen MR) is 142 cm³/mol. The lowest BCUT2D eigenvalue weighted by molar-refractivity contribution is -0.139. The molecule has 38 heavy (non-hydrogen) atoms. The summed E-state index contributed by atoms with van der Waals surface area (Å²) in [7, 11) is 0. The second-order valence-electron chi connectivity index (χ2n) is 11.3. The number of likely N-dealkylation sites (tertiary alicyclic amines) is 2. The van der Waals surface area contributed by atoms with Crippen molar-refractivity contribution in [3.63, 3.8) is 0 Å². The summed E-state index contributed by atoms with van der Waals surface area (Å²) in [5.41, 5.74) is 10.7. The third-order valence-corrected chi connectivity index (χ3v) is 9.17. The minimum absolute atomic E-state index is 0.0982. The Bertz CT molecular complexity index is 1090. The van der Waals surface area contributed by atoms with Gasteiger partial charge in [0, 0.05) is 23.1 Å². The van der Waals surface area contributed by atoms with E-state index in [1.807, 2.05) is 38.1 Å². The van der Waals surface area contributed by atoms with Crippen LogP contribution >= 0.6 is 0 Å². The van der Waals surface area contributed by atoms with Gasteiger partial charge in [-0.05, 0) is 73.8 Å². The highest BCUT2D eigenvalue weighted by Gasteiger charge is 2.53. The van der Waals surface area contributed by atoms with Gasteiger partial charge in [-0.25, -0.2) is 0 Å². The summed E-state index contributed by atoms with van der Waals surface area (Å²) < 4.78 is 5.54. The van der Waals surface area contributed by atoms with Crippen LogP contribution in [0.25, 0.3) is 10.4 Å². The fourth-order valence-corrected chi connectivity index (χ4v) is 6.37. The van der Waals surface area contributed by atoms with Crippen LogP contribution in [0.1, 0.15) is 74.2 Å². The maximum atomic E-state index is 13.7. The van der Waals surface area contributed by atoms with Crippen LogP contribution in [0.4, 0.5) is 0 Å². The Balaban J connectivity index is 1.24. The Labute approximate surface area is 223 Å². The molecule has 204 valence electrons. The average molecular weight is 523 g/mol. The lowest BCUT2D eigenvalue weighted by Gasteiger charge is -2.42. The number of amides is 2. The summed E-state index contributed by atoms with van der Waals surface area (Å²) in [5.74, 6) is -0.502. The first kappa shape index (κ1) is 26.7. The molecule has 10 heteroatoms. The molecule has 10 nitrogen and oxygen atoms in total. The molecule has 4 fully saturated rings. The maximum Gasteiger partial charge on any atom is 0.251 e. The van der Waals surface area contributed by atoms with E-state index in [0.717, 1.165) is 32.0 Å². The van der Waals surface area contributed by atoms with Gasteiger partial charge in [0.2, 0.25) is 5.91 Å². The lowest BCUT2D eigenvalue weighted by atomic mass is 9.85. The molecule has 1 N–H and O–H groups in total. The highest BCUT2D eigenvalue weighted by Crippen LogP contribution is 2.34. The fourth-order valence-electron chi connectivity index (χ4n) is 6.37. The second-order valence-corrected chi connectivity index (χ2v) is 11.3. The lowest BCUT2D eigenvalue weighted by Crippen LogP contribution is -2.54. The van der Waals surface area contributed by atoms with Gasteiger partial charge in [0.15, 0.2) is 5.78 Å². The molecule has 1 saturated carbocycles. The zero-order valence-electron chi connectivity index (χ0n) is 22.3. The number of ether oxygens (including phenoxy) is 1. The Morgan fingerprint density at radius 1 is 1.18 bits per heavy atom. The van der Waals surface area contributed by atoms with Gasteiger partial charge in [-0.2, -0.15) is 0 Å². The van der Waals surface area contributed by atoms with E-state index in [-0.39, 0.29) is 36.7 Å². The molecule has 0 radical (unpaired) electrons. The summed E-state index contributed by atoms with van der Waals surface area (Å²) in [4.78, 5) is 46.4. The van der Waals surface area contributed by atoms with Crippen molar-refractivity contribution in [3.05, 3.63) is 45.8 Å². The summed E-state index contributed by atoms with van der Waals surface area (Å²) in [6, 6.07) is 6.36. The summed E-state index contributed by atoms with van der Waals surface area (Å²) in [6.07, 6.45) is 6.36. The number of benzene rings is 1. The molecule has 0 unspecified atom stereocenters.